The summed E-state index contributed by atoms with van der Waals surface area (Å²) in [4.78, 5) is 8.44. The topological polar surface area (TPSA) is 25.8 Å². The Kier molecular flexibility index (Phi) is 3.71. The molecule has 0 N–H and O–H groups in total. The van der Waals surface area contributed by atoms with Gasteiger partial charge in [0.25, 0.3) is 0 Å². The average molecular weight is 411 g/mol. The number of hydrogen-bond donors (Lipinski definition) is 0. The van der Waals surface area contributed by atoms with Crippen molar-refractivity contribution in [1.29, 1.82) is 0 Å². The molecule has 2 aromatic rings. The van der Waals surface area contributed by atoms with Crippen molar-refractivity contribution in [2.45, 2.75) is 0 Å². The van der Waals surface area contributed by atoms with E-state index in [1.54, 1.807) is 12.1 Å². The van der Waals surface area contributed by atoms with Crippen molar-refractivity contribution in [3.05, 3.63) is 43.8 Å². The first kappa shape index (κ1) is 12.1. The first-order chi connectivity index (χ1) is 7.56. The van der Waals surface area contributed by atoms with Gasteiger partial charge in [-0.1, -0.05) is 0 Å². The van der Waals surface area contributed by atoms with Crippen molar-refractivity contribution < 1.29 is 4.39 Å². The number of benzene rings is 1. The normalized spacial score (nSPS) is 10.5. The third-order valence-corrected chi connectivity index (χ3v) is 3.30. The fourth-order valence-electron chi connectivity index (χ4n) is 1.18. The van der Waals surface area contributed by atoms with Gasteiger partial charge in [-0.25, -0.2) is 14.4 Å². The molecule has 6 heteroatoms. The van der Waals surface area contributed by atoms with Crippen LogP contribution < -0.4 is 0 Å². The van der Waals surface area contributed by atoms with Gasteiger partial charge in [-0.3, -0.25) is 0 Å². The lowest BCUT2D eigenvalue weighted by atomic mass is 10.2. The molecular formula is C10H4Br3FN2. The zero-order valence-corrected chi connectivity index (χ0v) is 12.5. The van der Waals surface area contributed by atoms with Crippen LogP contribution in [0.5, 0.6) is 0 Å². The second-order valence-electron chi connectivity index (χ2n) is 2.96. The second kappa shape index (κ2) is 4.89. The number of rotatable bonds is 1. The van der Waals surface area contributed by atoms with Gasteiger partial charge in [0.15, 0.2) is 5.82 Å². The Balaban J connectivity index is 2.58. The molecule has 0 aliphatic heterocycles. The van der Waals surface area contributed by atoms with Gasteiger partial charge in [0, 0.05) is 16.1 Å². The molecule has 0 atom stereocenters. The highest BCUT2D eigenvalue weighted by molar-refractivity contribution is 9.11. The molecule has 2 nitrogen and oxygen atoms in total. The molecule has 0 aliphatic carbocycles. The summed E-state index contributed by atoms with van der Waals surface area (Å²) in [5.74, 6) is 0.220. The average Bonchev–Trinajstić information content (AvgIpc) is 2.15. The van der Waals surface area contributed by atoms with Crippen LogP contribution in [0, 0.1) is 5.82 Å². The molecule has 0 radical (unpaired) electrons. The van der Waals surface area contributed by atoms with E-state index in [1.165, 1.54) is 12.1 Å². The Bertz CT molecular complexity index is 525. The molecule has 1 aromatic carbocycles. The molecule has 16 heavy (non-hydrogen) atoms. The maximum atomic E-state index is 12.9. The predicted molar refractivity (Wildman–Crippen MR) is 70.5 cm³/mol. The van der Waals surface area contributed by atoms with Crippen LogP contribution in [0.2, 0.25) is 0 Å². The minimum absolute atomic E-state index is 0.301. The van der Waals surface area contributed by atoms with E-state index in [4.69, 9.17) is 0 Å². The number of nitrogens with zero attached hydrogens (tertiary/aromatic N) is 2. The lowest BCUT2D eigenvalue weighted by Crippen LogP contribution is -1.91. The van der Waals surface area contributed by atoms with Crippen LogP contribution in [-0.2, 0) is 0 Å². The molecular weight excluding hydrogens is 407 g/mol. The summed E-state index contributed by atoms with van der Waals surface area (Å²) >= 11 is 9.84. The Labute approximate surface area is 117 Å². The van der Waals surface area contributed by atoms with Crippen LogP contribution in [0.25, 0.3) is 11.4 Å². The van der Waals surface area contributed by atoms with E-state index >= 15 is 0 Å². The van der Waals surface area contributed by atoms with Crippen molar-refractivity contribution in [1.82, 2.24) is 9.97 Å². The standard InChI is InChI=1S/C10H4Br3FN2/c11-7-3-5(14)1-2-6(7)10-15-8(12)4-9(13)16-10/h1-4H. The van der Waals surface area contributed by atoms with Crippen LogP contribution in [-0.4, -0.2) is 9.97 Å². The van der Waals surface area contributed by atoms with Crippen molar-refractivity contribution in [3.8, 4) is 11.4 Å². The summed E-state index contributed by atoms with van der Waals surface area (Å²) in [5, 5.41) is 0. The molecule has 0 bridgehead atoms. The van der Waals surface area contributed by atoms with E-state index in [0.29, 0.717) is 19.5 Å². The molecule has 82 valence electrons. The minimum atomic E-state index is -0.301. The van der Waals surface area contributed by atoms with Crippen molar-refractivity contribution >= 4 is 47.8 Å². The molecule has 2 rings (SSSR count). The largest absolute Gasteiger partial charge is 0.221 e. The van der Waals surface area contributed by atoms with E-state index in [-0.39, 0.29) is 5.82 Å². The quantitative estimate of drug-likeness (QED) is 0.643. The maximum absolute atomic E-state index is 12.9. The molecule has 0 unspecified atom stereocenters. The Morgan fingerprint density at radius 1 is 0.938 bits per heavy atom. The number of aromatic nitrogens is 2. The molecule has 0 spiro atoms. The third-order valence-electron chi connectivity index (χ3n) is 1.84. The van der Waals surface area contributed by atoms with Crippen LogP contribution in [0.4, 0.5) is 4.39 Å². The Hall–Kier alpha value is -0.330. The van der Waals surface area contributed by atoms with Crippen LogP contribution in [0.15, 0.2) is 37.9 Å². The fraction of sp³-hybridized carbons (Fsp3) is 0. The van der Waals surface area contributed by atoms with Crippen LogP contribution >= 0.6 is 47.8 Å². The molecule has 0 amide bonds. The summed E-state index contributed by atoms with van der Waals surface area (Å²) in [6.45, 7) is 0. The first-order valence-corrected chi connectivity index (χ1v) is 6.59. The van der Waals surface area contributed by atoms with Gasteiger partial charge in [0.05, 0.1) is 0 Å². The van der Waals surface area contributed by atoms with E-state index in [2.05, 4.69) is 57.8 Å². The second-order valence-corrected chi connectivity index (χ2v) is 5.44. The summed E-state index contributed by atoms with van der Waals surface area (Å²) < 4.78 is 14.9. The molecule has 0 aliphatic rings. The molecule has 1 heterocycles. The molecule has 0 saturated heterocycles. The highest BCUT2D eigenvalue weighted by Crippen LogP contribution is 2.28. The van der Waals surface area contributed by atoms with Crippen LogP contribution in [0.1, 0.15) is 0 Å². The van der Waals surface area contributed by atoms with Crippen molar-refractivity contribution in [3.63, 3.8) is 0 Å². The van der Waals surface area contributed by atoms with E-state index < -0.39 is 0 Å². The highest BCUT2D eigenvalue weighted by atomic mass is 79.9. The molecule has 1 aromatic heterocycles. The maximum Gasteiger partial charge on any atom is 0.162 e. The Morgan fingerprint density at radius 2 is 1.56 bits per heavy atom. The summed E-state index contributed by atoms with van der Waals surface area (Å²) in [7, 11) is 0. The van der Waals surface area contributed by atoms with Crippen LogP contribution in [0.3, 0.4) is 0 Å². The first-order valence-electron chi connectivity index (χ1n) is 4.22. The minimum Gasteiger partial charge on any atom is -0.221 e. The van der Waals surface area contributed by atoms with Gasteiger partial charge >= 0.3 is 0 Å². The van der Waals surface area contributed by atoms with Gasteiger partial charge in [-0.05, 0) is 66.0 Å². The smallest absolute Gasteiger partial charge is 0.162 e. The SMILES string of the molecule is Fc1ccc(-c2nc(Br)cc(Br)n2)c(Br)c1. The zero-order chi connectivity index (χ0) is 11.7. The molecule has 0 fully saturated rings. The van der Waals surface area contributed by atoms with Crippen molar-refractivity contribution in [2.24, 2.45) is 0 Å². The highest BCUT2D eigenvalue weighted by Gasteiger charge is 2.09. The predicted octanol–water partition coefficient (Wildman–Crippen LogP) is 4.57. The lowest BCUT2D eigenvalue weighted by molar-refractivity contribution is 0.627. The van der Waals surface area contributed by atoms with Crippen molar-refractivity contribution in [2.75, 3.05) is 0 Å². The van der Waals surface area contributed by atoms with E-state index in [0.717, 1.165) is 5.56 Å². The van der Waals surface area contributed by atoms with E-state index in [1.807, 2.05) is 0 Å². The summed E-state index contributed by atoms with van der Waals surface area (Å²) in [5.41, 5.74) is 0.739. The lowest BCUT2D eigenvalue weighted by Gasteiger charge is -2.04. The van der Waals surface area contributed by atoms with Gasteiger partial charge in [0.1, 0.15) is 15.0 Å². The van der Waals surface area contributed by atoms with Gasteiger partial charge in [0.2, 0.25) is 0 Å². The number of halogens is 4. The third kappa shape index (κ3) is 2.67. The summed E-state index contributed by atoms with van der Waals surface area (Å²) in [6.07, 6.45) is 0. The van der Waals surface area contributed by atoms with Gasteiger partial charge < -0.3 is 0 Å². The Morgan fingerprint density at radius 3 is 2.12 bits per heavy atom. The van der Waals surface area contributed by atoms with Gasteiger partial charge in [-0.2, -0.15) is 0 Å². The fourth-order valence-corrected chi connectivity index (χ4v) is 2.79. The summed E-state index contributed by atoms with van der Waals surface area (Å²) in [6, 6.07) is 6.13. The molecule has 0 saturated carbocycles. The monoisotopic (exact) mass is 408 g/mol. The number of hydrogen-bond acceptors (Lipinski definition) is 2. The zero-order valence-electron chi connectivity index (χ0n) is 7.72. The van der Waals surface area contributed by atoms with E-state index in [9.17, 15) is 4.39 Å². The van der Waals surface area contributed by atoms with Gasteiger partial charge in [-0.15, -0.1) is 0 Å².